The van der Waals surface area contributed by atoms with E-state index in [1.165, 1.54) is 48.8 Å². The molecule has 0 spiro atoms. The summed E-state index contributed by atoms with van der Waals surface area (Å²) in [6.07, 6.45) is 12.7. The highest BCUT2D eigenvalue weighted by Gasteiger charge is 2.19. The zero-order valence-corrected chi connectivity index (χ0v) is 15.3. The van der Waals surface area contributed by atoms with E-state index in [2.05, 4.69) is 30.4 Å². The van der Waals surface area contributed by atoms with Gasteiger partial charge in [-0.3, -0.25) is 0 Å². The first-order valence-electron chi connectivity index (χ1n) is 9.99. The molecule has 1 aliphatic carbocycles. The van der Waals surface area contributed by atoms with Gasteiger partial charge >= 0.3 is 0 Å². The molecule has 1 aromatic rings. The number of hydrogen-bond acceptors (Lipinski definition) is 3. The fourth-order valence-corrected chi connectivity index (χ4v) is 4.20. The third-order valence-corrected chi connectivity index (χ3v) is 5.88. The Morgan fingerprint density at radius 3 is 2.68 bits per heavy atom. The molecule has 1 aromatic carbocycles. The van der Waals surface area contributed by atoms with E-state index in [1.54, 1.807) is 0 Å². The summed E-state index contributed by atoms with van der Waals surface area (Å²) >= 11 is 0. The van der Waals surface area contributed by atoms with Crippen molar-refractivity contribution in [3.05, 3.63) is 47.0 Å². The minimum absolute atomic E-state index is 0.253. The van der Waals surface area contributed by atoms with Crippen LogP contribution in [0.3, 0.4) is 0 Å². The number of aliphatic hydroxyl groups excluding tert-OH is 1. The lowest BCUT2D eigenvalue weighted by molar-refractivity contribution is 0.0784. The molecule has 3 heteroatoms. The summed E-state index contributed by atoms with van der Waals surface area (Å²) in [5.74, 6) is 1.78. The van der Waals surface area contributed by atoms with Gasteiger partial charge in [-0.25, -0.2) is 0 Å². The Bertz CT molecular complexity index is 563. The Hall–Kier alpha value is -1.16. The van der Waals surface area contributed by atoms with Gasteiger partial charge in [0.15, 0.2) is 0 Å². The lowest BCUT2D eigenvalue weighted by atomic mass is 9.81. The number of hydrogen-bond donors (Lipinski definition) is 2. The van der Waals surface area contributed by atoms with Crippen LogP contribution in [-0.4, -0.2) is 31.5 Å². The molecule has 1 aliphatic heterocycles. The van der Waals surface area contributed by atoms with Crippen molar-refractivity contribution < 1.29 is 9.84 Å². The van der Waals surface area contributed by atoms with Gasteiger partial charge in [-0.2, -0.15) is 0 Å². The number of fused-ring (bicyclic) bond motifs is 1. The molecule has 2 aliphatic rings. The second kappa shape index (κ2) is 9.51. The topological polar surface area (TPSA) is 55.5 Å². The normalized spacial score (nSPS) is 22.9. The van der Waals surface area contributed by atoms with E-state index in [0.717, 1.165) is 32.0 Å². The first-order chi connectivity index (χ1) is 12.3. The van der Waals surface area contributed by atoms with Crippen molar-refractivity contribution >= 4 is 0 Å². The van der Waals surface area contributed by atoms with Crippen LogP contribution in [0.25, 0.3) is 0 Å². The van der Waals surface area contributed by atoms with Crippen molar-refractivity contribution in [2.75, 3.05) is 26.4 Å². The van der Waals surface area contributed by atoms with E-state index >= 15 is 0 Å². The Morgan fingerprint density at radius 1 is 1.12 bits per heavy atom. The van der Waals surface area contributed by atoms with Crippen molar-refractivity contribution in [1.29, 1.82) is 0 Å². The van der Waals surface area contributed by atoms with Gasteiger partial charge in [0, 0.05) is 19.8 Å². The fraction of sp³-hybridized carbons (Fsp3) is 0.636. The van der Waals surface area contributed by atoms with Crippen LogP contribution in [-0.2, 0) is 17.6 Å². The number of allylic oxidation sites excluding steroid dienone is 2. The highest BCUT2D eigenvalue weighted by atomic mass is 16.5. The van der Waals surface area contributed by atoms with E-state index in [0.29, 0.717) is 18.4 Å². The predicted octanol–water partition coefficient (Wildman–Crippen LogP) is 3.59. The highest BCUT2D eigenvalue weighted by molar-refractivity contribution is 5.36. The lowest BCUT2D eigenvalue weighted by Gasteiger charge is -2.25. The minimum atomic E-state index is 0.253. The van der Waals surface area contributed by atoms with Crippen molar-refractivity contribution in [3.63, 3.8) is 0 Å². The Balaban J connectivity index is 1.61. The molecule has 3 nitrogen and oxygen atoms in total. The van der Waals surface area contributed by atoms with Crippen LogP contribution in [0.4, 0.5) is 0 Å². The summed E-state index contributed by atoms with van der Waals surface area (Å²) < 4.78 is 5.45. The van der Waals surface area contributed by atoms with Crippen LogP contribution in [0, 0.1) is 11.8 Å². The molecule has 0 amide bonds. The van der Waals surface area contributed by atoms with E-state index in [9.17, 15) is 0 Å². The van der Waals surface area contributed by atoms with E-state index in [4.69, 9.17) is 15.6 Å². The van der Waals surface area contributed by atoms with Crippen LogP contribution in [0.1, 0.15) is 54.7 Å². The smallest absolute Gasteiger partial charge is 0.0471 e. The molecule has 25 heavy (non-hydrogen) atoms. The second-order valence-electron chi connectivity index (χ2n) is 7.66. The van der Waals surface area contributed by atoms with Gasteiger partial charge in [0.2, 0.25) is 0 Å². The van der Waals surface area contributed by atoms with Crippen molar-refractivity contribution in [2.24, 2.45) is 17.6 Å². The number of aryl methyl sites for hydroxylation is 1. The van der Waals surface area contributed by atoms with E-state index in [1.807, 2.05) is 0 Å². The second-order valence-corrected chi connectivity index (χ2v) is 7.66. The van der Waals surface area contributed by atoms with E-state index in [-0.39, 0.29) is 6.61 Å². The maximum atomic E-state index is 9.07. The third kappa shape index (κ3) is 5.16. The van der Waals surface area contributed by atoms with Gasteiger partial charge in [-0.1, -0.05) is 30.4 Å². The molecule has 0 radical (unpaired) electrons. The number of aliphatic hydroxyl groups is 1. The molecule has 0 aromatic heterocycles. The molecule has 1 fully saturated rings. The standard InChI is InChI=1S/C22H33NO2/c23-16-22(2-1-11-24)21-8-7-19-14-18(5-6-20(19)15-21)4-3-17-9-12-25-13-10-17/h3-4,7-8,15,17-18,22,24H,1-2,5-6,9-14,16,23H2/b4-3+/t18-,22+/m1/s1. The number of benzene rings is 1. The minimum Gasteiger partial charge on any atom is -0.396 e. The molecular weight excluding hydrogens is 310 g/mol. The van der Waals surface area contributed by atoms with Crippen molar-refractivity contribution in [3.8, 4) is 0 Å². The molecule has 0 unspecified atom stereocenters. The number of nitrogens with two attached hydrogens (primary N) is 1. The number of ether oxygens (including phenoxy) is 1. The van der Waals surface area contributed by atoms with Crippen LogP contribution in [0.5, 0.6) is 0 Å². The van der Waals surface area contributed by atoms with Crippen LogP contribution in [0.2, 0.25) is 0 Å². The molecule has 1 saturated heterocycles. The number of rotatable bonds is 7. The zero-order valence-electron chi connectivity index (χ0n) is 15.3. The van der Waals surface area contributed by atoms with Gasteiger partial charge in [-0.15, -0.1) is 0 Å². The summed E-state index contributed by atoms with van der Waals surface area (Å²) in [4.78, 5) is 0. The SMILES string of the molecule is NC[C@H](CCCO)c1ccc2c(c1)CC[C@@H](/C=C/C1CCOCC1)C2. The largest absolute Gasteiger partial charge is 0.396 e. The molecule has 0 saturated carbocycles. The average molecular weight is 344 g/mol. The summed E-state index contributed by atoms with van der Waals surface area (Å²) in [5.41, 5.74) is 10.3. The fourth-order valence-electron chi connectivity index (χ4n) is 4.20. The molecule has 3 rings (SSSR count). The van der Waals surface area contributed by atoms with Crippen LogP contribution < -0.4 is 5.73 Å². The van der Waals surface area contributed by atoms with Crippen molar-refractivity contribution in [2.45, 2.75) is 50.9 Å². The van der Waals surface area contributed by atoms with Gasteiger partial charge in [0.25, 0.3) is 0 Å². The molecule has 3 N–H and O–H groups in total. The predicted molar refractivity (Wildman–Crippen MR) is 103 cm³/mol. The summed E-state index contributed by atoms with van der Waals surface area (Å²) in [6.45, 7) is 2.76. The average Bonchev–Trinajstić information content (AvgIpc) is 2.67. The Kier molecular flexibility index (Phi) is 7.09. The lowest BCUT2D eigenvalue weighted by Crippen LogP contribution is -2.17. The van der Waals surface area contributed by atoms with Crippen LogP contribution in [0.15, 0.2) is 30.4 Å². The van der Waals surface area contributed by atoms with E-state index < -0.39 is 0 Å². The van der Waals surface area contributed by atoms with Gasteiger partial charge in [0.05, 0.1) is 0 Å². The van der Waals surface area contributed by atoms with Crippen molar-refractivity contribution in [1.82, 2.24) is 0 Å². The molecular formula is C22H33NO2. The molecule has 0 bridgehead atoms. The third-order valence-electron chi connectivity index (χ3n) is 5.88. The van der Waals surface area contributed by atoms with Gasteiger partial charge < -0.3 is 15.6 Å². The molecule has 138 valence electrons. The summed E-state index contributed by atoms with van der Waals surface area (Å²) in [5, 5.41) is 9.07. The monoisotopic (exact) mass is 343 g/mol. The first-order valence-corrected chi connectivity index (χ1v) is 9.99. The summed E-state index contributed by atoms with van der Waals surface area (Å²) in [7, 11) is 0. The highest BCUT2D eigenvalue weighted by Crippen LogP contribution is 2.31. The zero-order chi connectivity index (χ0) is 17.5. The van der Waals surface area contributed by atoms with Gasteiger partial charge in [-0.05, 0) is 85.9 Å². The Labute approximate surface area is 152 Å². The summed E-state index contributed by atoms with van der Waals surface area (Å²) in [6, 6.07) is 6.96. The van der Waals surface area contributed by atoms with Crippen LogP contribution >= 0.6 is 0 Å². The van der Waals surface area contributed by atoms with Gasteiger partial charge in [0.1, 0.15) is 0 Å². The maximum Gasteiger partial charge on any atom is 0.0471 e. The molecule has 2 atom stereocenters. The molecule has 1 heterocycles. The quantitative estimate of drug-likeness (QED) is 0.744. The Morgan fingerprint density at radius 2 is 1.92 bits per heavy atom. The maximum absolute atomic E-state index is 9.07. The first kappa shape index (κ1) is 18.6.